The van der Waals surface area contributed by atoms with Crippen molar-refractivity contribution in [2.24, 2.45) is 11.8 Å². The number of amides is 1. The number of piperidine rings is 1. The Morgan fingerprint density at radius 1 is 1.24 bits per heavy atom. The van der Waals surface area contributed by atoms with E-state index in [0.29, 0.717) is 23.9 Å². The van der Waals surface area contributed by atoms with Gasteiger partial charge in [-0.2, -0.15) is 4.31 Å². The number of rotatable bonds is 5. The first-order valence-corrected chi connectivity index (χ1v) is 10.6. The molecule has 1 heterocycles. The molecule has 3 rings (SSSR count). The zero-order valence-electron chi connectivity index (χ0n) is 14.7. The third kappa shape index (κ3) is 4.01. The molecular weight excluding hydrogens is 360 g/mol. The zero-order chi connectivity index (χ0) is 18.2. The van der Waals surface area contributed by atoms with E-state index in [2.05, 4.69) is 6.92 Å². The molecule has 0 radical (unpaired) electrons. The van der Waals surface area contributed by atoms with Crippen molar-refractivity contribution < 1.29 is 13.2 Å². The molecule has 0 aromatic heterocycles. The average Bonchev–Trinajstić information content (AvgIpc) is 3.45. The van der Waals surface area contributed by atoms with E-state index in [9.17, 15) is 13.2 Å². The molecule has 1 aliphatic carbocycles. The summed E-state index contributed by atoms with van der Waals surface area (Å²) in [6, 6.07) is 6.42. The van der Waals surface area contributed by atoms with Gasteiger partial charge in [-0.3, -0.25) is 4.79 Å². The minimum absolute atomic E-state index is 0.0652. The van der Waals surface area contributed by atoms with Crippen LogP contribution in [0.1, 0.15) is 32.6 Å². The first kappa shape index (κ1) is 18.7. The maximum absolute atomic E-state index is 12.8. The topological polar surface area (TPSA) is 57.7 Å². The van der Waals surface area contributed by atoms with Crippen LogP contribution in [-0.2, 0) is 14.8 Å². The second-order valence-corrected chi connectivity index (χ2v) is 9.56. The van der Waals surface area contributed by atoms with E-state index in [0.717, 1.165) is 6.42 Å². The van der Waals surface area contributed by atoms with Gasteiger partial charge >= 0.3 is 0 Å². The van der Waals surface area contributed by atoms with E-state index in [1.165, 1.54) is 29.3 Å². The highest BCUT2D eigenvalue weighted by Gasteiger charge is 2.38. The molecule has 2 fully saturated rings. The molecular formula is C18H25ClN2O3S. The van der Waals surface area contributed by atoms with E-state index in [1.807, 2.05) is 11.9 Å². The van der Waals surface area contributed by atoms with Crippen LogP contribution in [0.3, 0.4) is 0 Å². The van der Waals surface area contributed by atoms with Gasteiger partial charge in [0.1, 0.15) is 0 Å². The summed E-state index contributed by atoms with van der Waals surface area (Å²) in [6.45, 7) is 2.79. The lowest BCUT2D eigenvalue weighted by molar-refractivity contribution is -0.137. The van der Waals surface area contributed by atoms with E-state index in [-0.39, 0.29) is 29.3 Å². The van der Waals surface area contributed by atoms with Crippen molar-refractivity contribution in [2.45, 2.75) is 43.5 Å². The van der Waals surface area contributed by atoms with Crippen LogP contribution in [0.15, 0.2) is 29.2 Å². The molecule has 2 unspecified atom stereocenters. The average molecular weight is 385 g/mol. The van der Waals surface area contributed by atoms with Gasteiger partial charge < -0.3 is 4.90 Å². The molecule has 138 valence electrons. The molecule has 1 aliphatic heterocycles. The van der Waals surface area contributed by atoms with Crippen molar-refractivity contribution in [1.82, 2.24) is 9.21 Å². The SMILES string of the molecule is CC(C1CC1)N(C)C(=O)C1CCCN(S(=O)(=O)c2ccc(Cl)cc2)C1. The Morgan fingerprint density at radius 2 is 1.88 bits per heavy atom. The Hall–Kier alpha value is -1.11. The Bertz CT molecular complexity index is 731. The predicted octanol–water partition coefficient (Wildman–Crippen LogP) is 3.00. The molecule has 0 bridgehead atoms. The van der Waals surface area contributed by atoms with Gasteiger partial charge in [0.2, 0.25) is 15.9 Å². The lowest BCUT2D eigenvalue weighted by atomic mass is 9.97. The molecule has 0 spiro atoms. The maximum Gasteiger partial charge on any atom is 0.243 e. The monoisotopic (exact) mass is 384 g/mol. The number of nitrogens with zero attached hydrogens (tertiary/aromatic N) is 2. The fourth-order valence-corrected chi connectivity index (χ4v) is 5.15. The molecule has 2 atom stereocenters. The summed E-state index contributed by atoms with van der Waals surface area (Å²) >= 11 is 5.85. The standard InChI is InChI=1S/C18H25ClN2O3S/c1-13(14-5-6-14)20(2)18(22)15-4-3-11-21(12-15)25(23,24)17-9-7-16(19)8-10-17/h7-10,13-15H,3-6,11-12H2,1-2H3. The minimum Gasteiger partial charge on any atom is -0.342 e. The molecule has 7 heteroatoms. The van der Waals surface area contributed by atoms with Gasteiger partial charge in [0, 0.05) is 31.2 Å². The van der Waals surface area contributed by atoms with Crippen LogP contribution in [-0.4, -0.2) is 49.7 Å². The van der Waals surface area contributed by atoms with Crippen molar-refractivity contribution in [3.63, 3.8) is 0 Å². The summed E-state index contributed by atoms with van der Waals surface area (Å²) in [5.41, 5.74) is 0. The summed E-state index contributed by atoms with van der Waals surface area (Å²) < 4.78 is 27.1. The van der Waals surface area contributed by atoms with Crippen molar-refractivity contribution >= 4 is 27.5 Å². The van der Waals surface area contributed by atoms with Crippen LogP contribution in [0, 0.1) is 11.8 Å². The van der Waals surface area contributed by atoms with E-state index in [4.69, 9.17) is 11.6 Å². The fraction of sp³-hybridized carbons (Fsp3) is 0.611. The fourth-order valence-electron chi connectivity index (χ4n) is 3.50. The highest BCUT2D eigenvalue weighted by molar-refractivity contribution is 7.89. The third-order valence-electron chi connectivity index (χ3n) is 5.45. The molecule has 1 saturated carbocycles. The molecule has 5 nitrogen and oxygen atoms in total. The highest BCUT2D eigenvalue weighted by atomic mass is 35.5. The Morgan fingerprint density at radius 3 is 2.48 bits per heavy atom. The quantitative estimate of drug-likeness (QED) is 0.784. The number of benzene rings is 1. The van der Waals surface area contributed by atoms with Crippen LogP contribution in [0.4, 0.5) is 0 Å². The lowest BCUT2D eigenvalue weighted by Gasteiger charge is -2.35. The van der Waals surface area contributed by atoms with Crippen LogP contribution in [0.2, 0.25) is 5.02 Å². The lowest BCUT2D eigenvalue weighted by Crippen LogP contribution is -2.48. The number of sulfonamides is 1. The van der Waals surface area contributed by atoms with Crippen molar-refractivity contribution in [2.75, 3.05) is 20.1 Å². The van der Waals surface area contributed by atoms with Gasteiger partial charge in [-0.15, -0.1) is 0 Å². The largest absolute Gasteiger partial charge is 0.342 e. The molecule has 1 amide bonds. The Kier molecular flexibility index (Phi) is 5.42. The number of hydrogen-bond donors (Lipinski definition) is 0. The third-order valence-corrected chi connectivity index (χ3v) is 7.58. The summed E-state index contributed by atoms with van der Waals surface area (Å²) in [5.74, 6) is 0.406. The van der Waals surface area contributed by atoms with Gasteiger partial charge in [0.05, 0.1) is 10.8 Å². The Balaban J connectivity index is 1.71. The van der Waals surface area contributed by atoms with Gasteiger partial charge in [-0.1, -0.05) is 11.6 Å². The van der Waals surface area contributed by atoms with Crippen LogP contribution in [0.25, 0.3) is 0 Å². The normalized spacial score (nSPS) is 23.2. The van der Waals surface area contributed by atoms with Crippen molar-refractivity contribution in [1.29, 1.82) is 0 Å². The number of halogens is 1. The van der Waals surface area contributed by atoms with Crippen LogP contribution in [0.5, 0.6) is 0 Å². The highest BCUT2D eigenvalue weighted by Crippen LogP contribution is 2.35. The number of carbonyl (C=O) groups is 1. The summed E-state index contributed by atoms with van der Waals surface area (Å²) in [4.78, 5) is 14.9. The molecule has 0 N–H and O–H groups in total. The first-order valence-electron chi connectivity index (χ1n) is 8.83. The smallest absolute Gasteiger partial charge is 0.243 e. The van der Waals surface area contributed by atoms with Gasteiger partial charge in [0.15, 0.2) is 0 Å². The van der Waals surface area contributed by atoms with Gasteiger partial charge in [0.25, 0.3) is 0 Å². The van der Waals surface area contributed by atoms with E-state index < -0.39 is 10.0 Å². The van der Waals surface area contributed by atoms with Gasteiger partial charge in [-0.05, 0) is 62.8 Å². The first-order chi connectivity index (χ1) is 11.8. The van der Waals surface area contributed by atoms with Crippen LogP contribution < -0.4 is 0 Å². The minimum atomic E-state index is -3.59. The molecule has 2 aliphatic rings. The summed E-state index contributed by atoms with van der Waals surface area (Å²) in [7, 11) is -1.75. The van der Waals surface area contributed by atoms with E-state index in [1.54, 1.807) is 12.1 Å². The Labute approximate surface area is 155 Å². The summed E-state index contributed by atoms with van der Waals surface area (Å²) in [6.07, 6.45) is 3.81. The van der Waals surface area contributed by atoms with Gasteiger partial charge in [-0.25, -0.2) is 8.42 Å². The molecule has 1 aromatic carbocycles. The second kappa shape index (κ2) is 7.25. The van der Waals surface area contributed by atoms with Crippen molar-refractivity contribution in [3.05, 3.63) is 29.3 Å². The number of carbonyl (C=O) groups excluding carboxylic acids is 1. The molecule has 1 aromatic rings. The second-order valence-electron chi connectivity index (χ2n) is 7.18. The zero-order valence-corrected chi connectivity index (χ0v) is 16.3. The molecule has 1 saturated heterocycles. The van der Waals surface area contributed by atoms with Crippen molar-refractivity contribution in [3.8, 4) is 0 Å². The summed E-state index contributed by atoms with van der Waals surface area (Å²) in [5, 5.41) is 0.501. The maximum atomic E-state index is 12.8. The molecule has 25 heavy (non-hydrogen) atoms. The van der Waals surface area contributed by atoms with Crippen LogP contribution >= 0.6 is 11.6 Å². The predicted molar refractivity (Wildman–Crippen MR) is 97.9 cm³/mol. The van der Waals surface area contributed by atoms with E-state index >= 15 is 0 Å². The number of hydrogen-bond acceptors (Lipinski definition) is 3.